The van der Waals surface area contributed by atoms with Crippen molar-refractivity contribution in [2.75, 3.05) is 6.54 Å². The largest absolute Gasteiger partial charge is 0.305 e. The average Bonchev–Trinajstić information content (AvgIpc) is 2.71. The van der Waals surface area contributed by atoms with Crippen LogP contribution in [0.4, 0.5) is 0 Å². The second-order valence-electron chi connectivity index (χ2n) is 4.55. The minimum atomic E-state index is 0.169. The van der Waals surface area contributed by atoms with Crippen molar-refractivity contribution in [2.24, 2.45) is 7.05 Å². The van der Waals surface area contributed by atoms with Crippen molar-refractivity contribution in [1.29, 1.82) is 0 Å². The summed E-state index contributed by atoms with van der Waals surface area (Å²) in [6, 6.07) is 6.49. The lowest BCUT2D eigenvalue weighted by Crippen LogP contribution is -2.24. The van der Waals surface area contributed by atoms with E-state index in [1.54, 1.807) is 0 Å². The third kappa shape index (κ3) is 2.59. The SMILES string of the molecule is CCNC(c1cc(C)nc(C)c1)c1ccnn1C. The smallest absolute Gasteiger partial charge is 0.0749 e. The predicted octanol–water partition coefficient (Wildman–Crippen LogP) is 2.13. The number of nitrogens with zero attached hydrogens (tertiary/aromatic N) is 3. The molecule has 2 rings (SSSR count). The van der Waals surface area contributed by atoms with E-state index in [1.165, 1.54) is 11.3 Å². The summed E-state index contributed by atoms with van der Waals surface area (Å²) in [5.74, 6) is 0. The van der Waals surface area contributed by atoms with E-state index in [9.17, 15) is 0 Å². The summed E-state index contributed by atoms with van der Waals surface area (Å²) in [6.07, 6.45) is 1.83. The summed E-state index contributed by atoms with van der Waals surface area (Å²) in [7, 11) is 1.97. The van der Waals surface area contributed by atoms with Crippen LogP contribution in [0.15, 0.2) is 24.4 Å². The predicted molar refractivity (Wildman–Crippen MR) is 72.4 cm³/mol. The van der Waals surface area contributed by atoms with Crippen LogP contribution >= 0.6 is 0 Å². The molecule has 4 heteroatoms. The Morgan fingerprint density at radius 1 is 1.28 bits per heavy atom. The Labute approximate surface area is 108 Å². The van der Waals surface area contributed by atoms with Gasteiger partial charge in [0.1, 0.15) is 0 Å². The number of hydrogen-bond donors (Lipinski definition) is 1. The molecule has 0 aliphatic carbocycles. The number of hydrogen-bond acceptors (Lipinski definition) is 3. The summed E-state index contributed by atoms with van der Waals surface area (Å²) in [5, 5.41) is 7.76. The van der Waals surface area contributed by atoms with Crippen molar-refractivity contribution >= 4 is 0 Å². The van der Waals surface area contributed by atoms with Crippen LogP contribution in [0.3, 0.4) is 0 Å². The number of nitrogens with one attached hydrogen (secondary N) is 1. The highest BCUT2D eigenvalue weighted by atomic mass is 15.3. The lowest BCUT2D eigenvalue weighted by molar-refractivity contribution is 0.571. The Balaban J connectivity index is 2.44. The van der Waals surface area contributed by atoms with Gasteiger partial charge in [-0.15, -0.1) is 0 Å². The zero-order valence-electron chi connectivity index (χ0n) is 11.4. The van der Waals surface area contributed by atoms with E-state index in [4.69, 9.17) is 0 Å². The van der Waals surface area contributed by atoms with Gasteiger partial charge in [0.05, 0.1) is 11.7 Å². The highest BCUT2D eigenvalue weighted by Gasteiger charge is 2.16. The van der Waals surface area contributed by atoms with Gasteiger partial charge >= 0.3 is 0 Å². The molecule has 2 aromatic heterocycles. The van der Waals surface area contributed by atoms with Crippen LogP contribution in [0.1, 0.15) is 35.6 Å². The van der Waals surface area contributed by atoms with Crippen LogP contribution in [-0.2, 0) is 7.05 Å². The van der Waals surface area contributed by atoms with E-state index in [-0.39, 0.29) is 6.04 Å². The zero-order valence-corrected chi connectivity index (χ0v) is 11.4. The summed E-state index contributed by atoms with van der Waals surface area (Å²) in [5.41, 5.74) is 4.51. The molecule has 4 nitrogen and oxygen atoms in total. The molecule has 0 aliphatic heterocycles. The second kappa shape index (κ2) is 5.31. The lowest BCUT2D eigenvalue weighted by atomic mass is 10.0. The van der Waals surface area contributed by atoms with Gasteiger partial charge in [0, 0.05) is 24.6 Å². The minimum Gasteiger partial charge on any atom is -0.305 e. The molecule has 2 aromatic rings. The Morgan fingerprint density at radius 3 is 2.44 bits per heavy atom. The Kier molecular flexibility index (Phi) is 3.77. The molecule has 96 valence electrons. The summed E-state index contributed by atoms with van der Waals surface area (Å²) in [6.45, 7) is 7.09. The topological polar surface area (TPSA) is 42.7 Å². The molecular weight excluding hydrogens is 224 g/mol. The molecule has 2 heterocycles. The number of aryl methyl sites for hydroxylation is 3. The normalized spacial score (nSPS) is 12.7. The maximum absolute atomic E-state index is 4.43. The Morgan fingerprint density at radius 2 is 1.94 bits per heavy atom. The average molecular weight is 244 g/mol. The van der Waals surface area contributed by atoms with Crippen molar-refractivity contribution < 1.29 is 0 Å². The van der Waals surface area contributed by atoms with Gasteiger partial charge in [-0.1, -0.05) is 6.92 Å². The molecule has 0 saturated carbocycles. The first kappa shape index (κ1) is 12.8. The number of pyridine rings is 1. The third-order valence-corrected chi connectivity index (χ3v) is 3.00. The van der Waals surface area contributed by atoms with Crippen LogP contribution in [0, 0.1) is 13.8 Å². The number of rotatable bonds is 4. The van der Waals surface area contributed by atoms with Crippen molar-refractivity contribution in [1.82, 2.24) is 20.1 Å². The van der Waals surface area contributed by atoms with E-state index in [1.807, 2.05) is 31.8 Å². The molecule has 1 unspecified atom stereocenters. The molecule has 18 heavy (non-hydrogen) atoms. The van der Waals surface area contributed by atoms with E-state index in [2.05, 4.69) is 40.5 Å². The first-order valence-corrected chi connectivity index (χ1v) is 6.28. The monoisotopic (exact) mass is 244 g/mol. The molecule has 0 aromatic carbocycles. The summed E-state index contributed by atoms with van der Waals surface area (Å²) in [4.78, 5) is 4.43. The molecule has 1 N–H and O–H groups in total. The first-order valence-electron chi connectivity index (χ1n) is 6.28. The zero-order chi connectivity index (χ0) is 13.1. The fraction of sp³-hybridized carbons (Fsp3) is 0.429. The van der Waals surface area contributed by atoms with Crippen LogP contribution in [0.5, 0.6) is 0 Å². The van der Waals surface area contributed by atoms with Gasteiger partial charge in [0.2, 0.25) is 0 Å². The molecule has 0 aliphatic rings. The Bertz CT molecular complexity index is 510. The molecule has 0 amide bonds. The second-order valence-corrected chi connectivity index (χ2v) is 4.55. The third-order valence-electron chi connectivity index (χ3n) is 3.00. The maximum Gasteiger partial charge on any atom is 0.0749 e. The van der Waals surface area contributed by atoms with Gasteiger partial charge in [-0.2, -0.15) is 5.10 Å². The van der Waals surface area contributed by atoms with E-state index in [0.717, 1.165) is 17.9 Å². The van der Waals surface area contributed by atoms with Crippen molar-refractivity contribution in [3.05, 3.63) is 47.0 Å². The minimum absolute atomic E-state index is 0.169. The molecule has 0 radical (unpaired) electrons. The van der Waals surface area contributed by atoms with Crippen molar-refractivity contribution in [3.63, 3.8) is 0 Å². The van der Waals surface area contributed by atoms with Gasteiger partial charge < -0.3 is 5.32 Å². The fourth-order valence-corrected chi connectivity index (χ4v) is 2.30. The van der Waals surface area contributed by atoms with Gasteiger partial charge in [-0.3, -0.25) is 9.67 Å². The first-order chi connectivity index (χ1) is 8.61. The van der Waals surface area contributed by atoms with Crippen LogP contribution < -0.4 is 5.32 Å². The van der Waals surface area contributed by atoms with Gasteiger partial charge in [0.15, 0.2) is 0 Å². The van der Waals surface area contributed by atoms with Gasteiger partial charge in [-0.25, -0.2) is 0 Å². The van der Waals surface area contributed by atoms with E-state index < -0.39 is 0 Å². The van der Waals surface area contributed by atoms with Crippen LogP contribution in [0.25, 0.3) is 0 Å². The summed E-state index contributed by atoms with van der Waals surface area (Å²) >= 11 is 0. The molecular formula is C14H20N4. The molecule has 0 bridgehead atoms. The van der Waals surface area contributed by atoms with Crippen LogP contribution in [0.2, 0.25) is 0 Å². The quantitative estimate of drug-likeness (QED) is 0.896. The molecule has 1 atom stereocenters. The molecule has 0 saturated heterocycles. The highest BCUT2D eigenvalue weighted by molar-refractivity contribution is 5.30. The van der Waals surface area contributed by atoms with Gasteiger partial charge in [-0.05, 0) is 44.2 Å². The maximum atomic E-state index is 4.43. The van der Waals surface area contributed by atoms with Gasteiger partial charge in [0.25, 0.3) is 0 Å². The van der Waals surface area contributed by atoms with E-state index >= 15 is 0 Å². The van der Waals surface area contributed by atoms with E-state index in [0.29, 0.717) is 0 Å². The van der Waals surface area contributed by atoms with Crippen LogP contribution in [-0.4, -0.2) is 21.3 Å². The van der Waals surface area contributed by atoms with Crippen molar-refractivity contribution in [2.45, 2.75) is 26.8 Å². The lowest BCUT2D eigenvalue weighted by Gasteiger charge is -2.19. The Hall–Kier alpha value is -1.68. The molecule has 0 spiro atoms. The highest BCUT2D eigenvalue weighted by Crippen LogP contribution is 2.22. The fourth-order valence-electron chi connectivity index (χ4n) is 2.30. The number of aromatic nitrogens is 3. The summed E-state index contributed by atoms with van der Waals surface area (Å²) < 4.78 is 1.92. The standard InChI is InChI=1S/C14H20N4/c1-5-15-14(13-6-7-16-18(13)4)12-8-10(2)17-11(3)9-12/h6-9,14-15H,5H2,1-4H3. The molecule has 0 fully saturated rings. The van der Waals surface area contributed by atoms with Crippen molar-refractivity contribution in [3.8, 4) is 0 Å².